The van der Waals surface area contributed by atoms with Crippen LogP contribution in [-0.4, -0.2) is 22.1 Å². The zero-order valence-electron chi connectivity index (χ0n) is 11.2. The van der Waals surface area contributed by atoms with Crippen molar-refractivity contribution < 1.29 is 0 Å². The van der Waals surface area contributed by atoms with Gasteiger partial charge < -0.3 is 9.88 Å². The van der Waals surface area contributed by atoms with E-state index in [1.165, 1.54) is 31.5 Å². The molecule has 17 heavy (non-hydrogen) atoms. The van der Waals surface area contributed by atoms with Crippen molar-refractivity contribution in [1.29, 1.82) is 0 Å². The van der Waals surface area contributed by atoms with Crippen LogP contribution >= 0.6 is 0 Å². The number of rotatable bonds is 5. The van der Waals surface area contributed by atoms with Crippen LogP contribution in [0.25, 0.3) is 0 Å². The molecule has 3 heteroatoms. The van der Waals surface area contributed by atoms with Crippen LogP contribution in [0, 0.1) is 5.92 Å². The summed E-state index contributed by atoms with van der Waals surface area (Å²) in [5.41, 5.74) is 0. The molecule has 0 bridgehead atoms. The lowest BCUT2D eigenvalue weighted by molar-refractivity contribution is 0.278. The Morgan fingerprint density at radius 1 is 1.41 bits per heavy atom. The molecule has 1 aliphatic rings. The summed E-state index contributed by atoms with van der Waals surface area (Å²) >= 11 is 0. The summed E-state index contributed by atoms with van der Waals surface area (Å²) in [6.45, 7) is 6.66. The van der Waals surface area contributed by atoms with Gasteiger partial charge in [0.15, 0.2) is 0 Å². The van der Waals surface area contributed by atoms with E-state index in [0.717, 1.165) is 31.5 Å². The van der Waals surface area contributed by atoms with Crippen molar-refractivity contribution in [3.05, 3.63) is 18.2 Å². The Labute approximate surface area is 105 Å². The molecule has 1 aliphatic carbocycles. The minimum absolute atomic E-state index is 0.734. The molecule has 1 heterocycles. The first-order valence-electron chi connectivity index (χ1n) is 7.04. The van der Waals surface area contributed by atoms with Crippen molar-refractivity contribution in [2.24, 2.45) is 5.92 Å². The smallest absolute Gasteiger partial charge is 0.108 e. The predicted octanol–water partition coefficient (Wildman–Crippen LogP) is 2.61. The Morgan fingerprint density at radius 2 is 2.24 bits per heavy atom. The molecule has 0 radical (unpaired) electrons. The van der Waals surface area contributed by atoms with E-state index in [9.17, 15) is 0 Å². The number of nitrogens with one attached hydrogen (secondary N) is 1. The van der Waals surface area contributed by atoms with Crippen molar-refractivity contribution in [2.45, 2.75) is 58.5 Å². The van der Waals surface area contributed by atoms with Gasteiger partial charge in [0.25, 0.3) is 0 Å². The Hall–Kier alpha value is -0.830. The van der Waals surface area contributed by atoms with Gasteiger partial charge in [-0.3, -0.25) is 0 Å². The average molecular weight is 235 g/mol. The number of imidazole rings is 1. The van der Waals surface area contributed by atoms with Crippen LogP contribution in [0.15, 0.2) is 12.4 Å². The van der Waals surface area contributed by atoms with E-state index in [1.54, 1.807) is 0 Å². The van der Waals surface area contributed by atoms with Gasteiger partial charge in [0.2, 0.25) is 0 Å². The van der Waals surface area contributed by atoms with Gasteiger partial charge in [-0.2, -0.15) is 0 Å². The molecule has 1 aromatic rings. The molecule has 2 unspecified atom stereocenters. The highest BCUT2D eigenvalue weighted by molar-refractivity contribution is 4.91. The van der Waals surface area contributed by atoms with Gasteiger partial charge in [0.1, 0.15) is 5.82 Å². The third-order valence-electron chi connectivity index (χ3n) is 3.99. The summed E-state index contributed by atoms with van der Waals surface area (Å²) in [7, 11) is 0. The number of aryl methyl sites for hydroxylation is 1. The quantitative estimate of drug-likeness (QED) is 0.850. The fourth-order valence-electron chi connectivity index (χ4n) is 2.85. The molecular weight excluding hydrogens is 210 g/mol. The standard InChI is InChI=1S/C14H25N3/c1-3-14-16-9-11-17(14)10-8-15-13-7-5-4-6-12(13)2/h9,11-13,15H,3-8,10H2,1-2H3. The van der Waals surface area contributed by atoms with E-state index >= 15 is 0 Å². The molecule has 1 aromatic heterocycles. The minimum Gasteiger partial charge on any atom is -0.334 e. The first-order valence-corrected chi connectivity index (χ1v) is 7.04. The monoisotopic (exact) mass is 235 g/mol. The zero-order chi connectivity index (χ0) is 12.1. The largest absolute Gasteiger partial charge is 0.334 e. The maximum atomic E-state index is 4.35. The van der Waals surface area contributed by atoms with Gasteiger partial charge in [-0.15, -0.1) is 0 Å². The zero-order valence-corrected chi connectivity index (χ0v) is 11.2. The molecule has 1 N–H and O–H groups in total. The fourth-order valence-corrected chi connectivity index (χ4v) is 2.85. The van der Waals surface area contributed by atoms with Crippen LogP contribution in [0.4, 0.5) is 0 Å². The van der Waals surface area contributed by atoms with E-state index < -0.39 is 0 Å². The minimum atomic E-state index is 0.734. The second kappa shape index (κ2) is 6.20. The molecule has 96 valence electrons. The van der Waals surface area contributed by atoms with Gasteiger partial charge in [-0.25, -0.2) is 4.98 Å². The summed E-state index contributed by atoms with van der Waals surface area (Å²) in [5, 5.41) is 3.71. The lowest BCUT2D eigenvalue weighted by Gasteiger charge is -2.29. The topological polar surface area (TPSA) is 29.9 Å². The van der Waals surface area contributed by atoms with Crippen LogP contribution in [0.2, 0.25) is 0 Å². The summed E-state index contributed by atoms with van der Waals surface area (Å²) in [4.78, 5) is 4.35. The lowest BCUT2D eigenvalue weighted by atomic mass is 9.86. The molecule has 1 fully saturated rings. The van der Waals surface area contributed by atoms with Gasteiger partial charge in [0.05, 0.1) is 0 Å². The number of nitrogens with zero attached hydrogens (tertiary/aromatic N) is 2. The van der Waals surface area contributed by atoms with Crippen LogP contribution in [0.1, 0.15) is 45.4 Å². The van der Waals surface area contributed by atoms with Crippen molar-refractivity contribution in [1.82, 2.24) is 14.9 Å². The van der Waals surface area contributed by atoms with Crippen molar-refractivity contribution in [2.75, 3.05) is 6.54 Å². The molecule has 0 saturated heterocycles. The van der Waals surface area contributed by atoms with E-state index in [2.05, 4.69) is 34.9 Å². The van der Waals surface area contributed by atoms with Crippen LogP contribution in [0.3, 0.4) is 0 Å². The van der Waals surface area contributed by atoms with Crippen molar-refractivity contribution in [3.8, 4) is 0 Å². The first kappa shape index (κ1) is 12.6. The van der Waals surface area contributed by atoms with Gasteiger partial charge in [-0.1, -0.05) is 26.7 Å². The summed E-state index contributed by atoms with van der Waals surface area (Å²) in [6.07, 6.45) is 10.6. The fraction of sp³-hybridized carbons (Fsp3) is 0.786. The first-order chi connectivity index (χ1) is 8.31. The summed E-state index contributed by atoms with van der Waals surface area (Å²) in [5.74, 6) is 2.04. The van der Waals surface area contributed by atoms with Gasteiger partial charge in [-0.05, 0) is 18.8 Å². The highest BCUT2D eigenvalue weighted by Gasteiger charge is 2.20. The molecule has 1 saturated carbocycles. The number of aromatic nitrogens is 2. The molecule has 0 spiro atoms. The highest BCUT2D eigenvalue weighted by atomic mass is 15.1. The van der Waals surface area contributed by atoms with E-state index in [0.29, 0.717) is 0 Å². The molecule has 0 aromatic carbocycles. The van der Waals surface area contributed by atoms with Crippen LogP contribution < -0.4 is 5.32 Å². The van der Waals surface area contributed by atoms with E-state index in [4.69, 9.17) is 0 Å². The Kier molecular flexibility index (Phi) is 4.60. The maximum absolute atomic E-state index is 4.35. The third-order valence-corrected chi connectivity index (χ3v) is 3.99. The Morgan fingerprint density at radius 3 is 3.00 bits per heavy atom. The molecule has 2 atom stereocenters. The highest BCUT2D eigenvalue weighted by Crippen LogP contribution is 2.23. The molecular formula is C14H25N3. The summed E-state index contributed by atoms with van der Waals surface area (Å²) in [6, 6.07) is 0.734. The van der Waals surface area contributed by atoms with Crippen LogP contribution in [0.5, 0.6) is 0 Å². The normalized spacial score (nSPS) is 25.1. The average Bonchev–Trinajstić information content (AvgIpc) is 2.79. The molecule has 3 nitrogen and oxygen atoms in total. The Balaban J connectivity index is 1.75. The van der Waals surface area contributed by atoms with Gasteiger partial charge in [0, 0.05) is 37.9 Å². The second-order valence-corrected chi connectivity index (χ2v) is 5.21. The third kappa shape index (κ3) is 3.32. The molecule has 0 aliphatic heterocycles. The molecule has 0 amide bonds. The van der Waals surface area contributed by atoms with Gasteiger partial charge >= 0.3 is 0 Å². The predicted molar refractivity (Wildman–Crippen MR) is 71.0 cm³/mol. The SMILES string of the molecule is CCc1nccn1CCNC1CCCCC1C. The second-order valence-electron chi connectivity index (χ2n) is 5.21. The summed E-state index contributed by atoms with van der Waals surface area (Å²) < 4.78 is 2.26. The number of hydrogen-bond donors (Lipinski definition) is 1. The number of hydrogen-bond acceptors (Lipinski definition) is 2. The van der Waals surface area contributed by atoms with Crippen LogP contribution in [-0.2, 0) is 13.0 Å². The van der Waals surface area contributed by atoms with Crippen molar-refractivity contribution in [3.63, 3.8) is 0 Å². The maximum Gasteiger partial charge on any atom is 0.108 e. The van der Waals surface area contributed by atoms with E-state index in [1.807, 2.05) is 6.20 Å². The van der Waals surface area contributed by atoms with E-state index in [-0.39, 0.29) is 0 Å². The molecule has 2 rings (SSSR count). The lowest BCUT2D eigenvalue weighted by Crippen LogP contribution is -2.38. The Bertz CT molecular complexity index is 332. The van der Waals surface area contributed by atoms with Crippen molar-refractivity contribution >= 4 is 0 Å².